The highest BCUT2D eigenvalue weighted by molar-refractivity contribution is 5.83. The Hall–Kier alpha value is -2.09. The average molecular weight is 293 g/mol. The first-order chi connectivity index (χ1) is 10.7. The first-order valence-corrected chi connectivity index (χ1v) is 8.15. The Morgan fingerprint density at radius 3 is 2.41 bits per heavy atom. The van der Waals surface area contributed by atoms with E-state index in [1.165, 1.54) is 11.1 Å². The van der Waals surface area contributed by atoms with E-state index in [0.717, 1.165) is 31.4 Å². The monoisotopic (exact) mass is 293 g/mol. The smallest absolute Gasteiger partial charge is 0.138 e. The second kappa shape index (κ2) is 6.78. The maximum absolute atomic E-state index is 12.4. The second-order valence-corrected chi connectivity index (χ2v) is 6.22. The van der Waals surface area contributed by atoms with E-state index in [-0.39, 0.29) is 12.0 Å². The minimum atomic E-state index is 0.0656. The van der Waals surface area contributed by atoms with Gasteiger partial charge in [-0.25, -0.2) is 0 Å². The number of aryl methyl sites for hydroxylation is 1. The number of rotatable bonds is 4. The van der Waals surface area contributed by atoms with Gasteiger partial charge in [0, 0.05) is 18.0 Å². The van der Waals surface area contributed by atoms with Gasteiger partial charge in [0.2, 0.25) is 0 Å². The van der Waals surface area contributed by atoms with Gasteiger partial charge in [-0.2, -0.15) is 0 Å². The largest absolute Gasteiger partial charge is 0.378 e. The summed E-state index contributed by atoms with van der Waals surface area (Å²) in [6.45, 7) is 2.09. The third-order valence-corrected chi connectivity index (χ3v) is 4.54. The zero-order valence-electron chi connectivity index (χ0n) is 13.1. The van der Waals surface area contributed by atoms with Gasteiger partial charge in [0.15, 0.2) is 0 Å². The first kappa shape index (κ1) is 14.8. The molecule has 2 heteroatoms. The topological polar surface area (TPSA) is 29.1 Å². The first-order valence-electron chi connectivity index (χ1n) is 8.15. The second-order valence-electron chi connectivity index (χ2n) is 6.22. The number of para-hydroxylation sites is 1. The zero-order valence-corrected chi connectivity index (χ0v) is 13.1. The van der Waals surface area contributed by atoms with Crippen LogP contribution in [-0.4, -0.2) is 5.78 Å². The van der Waals surface area contributed by atoms with Crippen molar-refractivity contribution in [1.82, 2.24) is 0 Å². The molecule has 0 unspecified atom stereocenters. The predicted octanol–water partition coefficient (Wildman–Crippen LogP) is 4.91. The van der Waals surface area contributed by atoms with E-state index in [9.17, 15) is 4.79 Å². The van der Waals surface area contributed by atoms with Gasteiger partial charge in [-0.05, 0) is 37.5 Å². The molecule has 0 radical (unpaired) electrons. The highest BCUT2D eigenvalue weighted by atomic mass is 16.1. The molecule has 3 rings (SSSR count). The van der Waals surface area contributed by atoms with Gasteiger partial charge in [0.1, 0.15) is 5.78 Å². The summed E-state index contributed by atoms with van der Waals surface area (Å²) in [4.78, 5) is 12.4. The summed E-state index contributed by atoms with van der Waals surface area (Å²) in [6.07, 6.45) is 3.90. The number of carbonyl (C=O) groups is 1. The molecule has 114 valence electrons. The van der Waals surface area contributed by atoms with Crippen LogP contribution in [0.3, 0.4) is 0 Å². The van der Waals surface area contributed by atoms with Crippen LogP contribution in [0, 0.1) is 12.8 Å². The van der Waals surface area contributed by atoms with Gasteiger partial charge in [-0.3, -0.25) is 4.79 Å². The highest BCUT2D eigenvalue weighted by Gasteiger charge is 2.31. The minimum Gasteiger partial charge on any atom is -0.378 e. The SMILES string of the molecule is Cc1ccc([C@H](Nc2ccccc2)[C@H]2CCCCC2=O)cc1. The van der Waals surface area contributed by atoms with Gasteiger partial charge < -0.3 is 5.32 Å². The molecule has 1 saturated carbocycles. The van der Waals surface area contributed by atoms with Gasteiger partial charge in [-0.1, -0.05) is 54.4 Å². The summed E-state index contributed by atoms with van der Waals surface area (Å²) in [7, 11) is 0. The molecule has 22 heavy (non-hydrogen) atoms. The van der Waals surface area contributed by atoms with Crippen LogP contribution in [0.5, 0.6) is 0 Å². The third kappa shape index (κ3) is 3.38. The summed E-state index contributed by atoms with van der Waals surface area (Å²) >= 11 is 0. The number of carbonyl (C=O) groups excluding carboxylic acids is 1. The van der Waals surface area contributed by atoms with Crippen LogP contribution in [0.25, 0.3) is 0 Å². The van der Waals surface area contributed by atoms with Gasteiger partial charge in [0.25, 0.3) is 0 Å². The zero-order chi connectivity index (χ0) is 15.4. The van der Waals surface area contributed by atoms with E-state index < -0.39 is 0 Å². The third-order valence-electron chi connectivity index (χ3n) is 4.54. The number of hydrogen-bond donors (Lipinski definition) is 1. The van der Waals surface area contributed by atoms with E-state index in [4.69, 9.17) is 0 Å². The van der Waals surface area contributed by atoms with Crippen LogP contribution >= 0.6 is 0 Å². The average Bonchev–Trinajstić information content (AvgIpc) is 2.55. The van der Waals surface area contributed by atoms with E-state index in [1.54, 1.807) is 0 Å². The number of nitrogens with one attached hydrogen (secondary N) is 1. The van der Waals surface area contributed by atoms with Crippen molar-refractivity contribution in [2.75, 3.05) is 5.32 Å². The van der Waals surface area contributed by atoms with Crippen molar-refractivity contribution in [3.05, 3.63) is 65.7 Å². The molecule has 2 aromatic carbocycles. The lowest BCUT2D eigenvalue weighted by atomic mass is 9.80. The van der Waals surface area contributed by atoms with Crippen molar-refractivity contribution in [3.63, 3.8) is 0 Å². The molecular formula is C20H23NO. The molecule has 1 aliphatic rings. The van der Waals surface area contributed by atoms with E-state index in [0.29, 0.717) is 5.78 Å². The lowest BCUT2D eigenvalue weighted by Crippen LogP contribution is -2.30. The molecule has 0 saturated heterocycles. The van der Waals surface area contributed by atoms with Crippen LogP contribution in [0.15, 0.2) is 54.6 Å². The molecule has 2 nitrogen and oxygen atoms in total. The van der Waals surface area contributed by atoms with Crippen molar-refractivity contribution < 1.29 is 4.79 Å². The van der Waals surface area contributed by atoms with E-state index >= 15 is 0 Å². The fraction of sp³-hybridized carbons (Fsp3) is 0.350. The van der Waals surface area contributed by atoms with Crippen LogP contribution in [-0.2, 0) is 4.79 Å². The molecule has 0 amide bonds. The maximum Gasteiger partial charge on any atom is 0.138 e. The molecular weight excluding hydrogens is 270 g/mol. The molecule has 0 aromatic heterocycles. The Bertz CT molecular complexity index is 618. The van der Waals surface area contributed by atoms with E-state index in [1.807, 2.05) is 18.2 Å². The van der Waals surface area contributed by atoms with Crippen molar-refractivity contribution in [2.45, 2.75) is 38.6 Å². The molecule has 1 N–H and O–H groups in total. The quantitative estimate of drug-likeness (QED) is 0.868. The number of anilines is 1. The lowest BCUT2D eigenvalue weighted by Gasteiger charge is -2.31. The Labute approximate surface area is 132 Å². The van der Waals surface area contributed by atoms with Crippen molar-refractivity contribution in [3.8, 4) is 0 Å². The summed E-state index contributed by atoms with van der Waals surface area (Å²) in [5.41, 5.74) is 3.53. The van der Waals surface area contributed by atoms with Crippen LogP contribution in [0.4, 0.5) is 5.69 Å². The van der Waals surface area contributed by atoms with Crippen molar-refractivity contribution in [1.29, 1.82) is 0 Å². The minimum absolute atomic E-state index is 0.0656. The number of benzene rings is 2. The lowest BCUT2D eigenvalue weighted by molar-refractivity contribution is -0.125. The van der Waals surface area contributed by atoms with Crippen LogP contribution < -0.4 is 5.32 Å². The fourth-order valence-corrected chi connectivity index (χ4v) is 3.27. The van der Waals surface area contributed by atoms with Crippen molar-refractivity contribution >= 4 is 11.5 Å². The molecule has 0 heterocycles. The summed E-state index contributed by atoms with van der Waals surface area (Å²) in [6, 6.07) is 18.8. The molecule has 2 aromatic rings. The summed E-state index contributed by atoms with van der Waals surface area (Å²) in [5, 5.41) is 3.59. The number of hydrogen-bond acceptors (Lipinski definition) is 2. The predicted molar refractivity (Wildman–Crippen MR) is 90.9 cm³/mol. The molecule has 2 atom stereocenters. The standard InChI is InChI=1S/C20H23NO/c1-15-11-13-16(14-12-15)20(18-9-5-6-10-19(18)22)21-17-7-3-2-4-8-17/h2-4,7-8,11-14,18,20-21H,5-6,9-10H2,1H3/t18-,20-/m0/s1. The van der Waals surface area contributed by atoms with Gasteiger partial charge >= 0.3 is 0 Å². The Morgan fingerprint density at radius 1 is 1.00 bits per heavy atom. The molecule has 1 fully saturated rings. The van der Waals surface area contributed by atoms with Crippen LogP contribution in [0.1, 0.15) is 42.9 Å². The normalized spacial score (nSPS) is 19.7. The Kier molecular flexibility index (Phi) is 4.57. The molecule has 0 bridgehead atoms. The molecule has 1 aliphatic carbocycles. The number of ketones is 1. The van der Waals surface area contributed by atoms with Gasteiger partial charge in [-0.15, -0.1) is 0 Å². The number of Topliss-reactive ketones (excluding diaryl/α,β-unsaturated/α-hetero) is 1. The van der Waals surface area contributed by atoms with Crippen molar-refractivity contribution in [2.24, 2.45) is 5.92 Å². The Morgan fingerprint density at radius 2 is 1.73 bits per heavy atom. The van der Waals surface area contributed by atoms with Crippen LogP contribution in [0.2, 0.25) is 0 Å². The maximum atomic E-state index is 12.4. The van der Waals surface area contributed by atoms with E-state index in [2.05, 4.69) is 48.6 Å². The Balaban J connectivity index is 1.90. The summed E-state index contributed by atoms with van der Waals surface area (Å²) in [5.74, 6) is 0.483. The molecule has 0 spiro atoms. The molecule has 0 aliphatic heterocycles. The highest BCUT2D eigenvalue weighted by Crippen LogP contribution is 2.34. The fourth-order valence-electron chi connectivity index (χ4n) is 3.27. The van der Waals surface area contributed by atoms with Gasteiger partial charge in [0.05, 0.1) is 6.04 Å². The summed E-state index contributed by atoms with van der Waals surface area (Å²) < 4.78 is 0.